The van der Waals surface area contributed by atoms with E-state index in [1.165, 1.54) is 0 Å². The molecular weight excluding hydrogens is 232 g/mol. The number of carbonyl (C=O) groups is 1. The average Bonchev–Trinajstić information content (AvgIpc) is 2.48. The number of carbonyl (C=O) groups excluding carboxylic acids is 1. The van der Waals surface area contributed by atoms with Gasteiger partial charge in [0.2, 0.25) is 0 Å². The Morgan fingerprint density at radius 2 is 2.33 bits per heavy atom. The highest BCUT2D eigenvalue weighted by atomic mass is 32.2. The predicted octanol–water partition coefficient (Wildman–Crippen LogP) is 2.30. The van der Waals surface area contributed by atoms with Crippen LogP contribution in [0.3, 0.4) is 0 Å². The van der Waals surface area contributed by atoms with Crippen LogP contribution in [-0.2, 0) is 4.74 Å². The second kappa shape index (κ2) is 5.12. The second-order valence-corrected chi connectivity index (χ2v) is 6.09. The molecule has 0 aromatic heterocycles. The van der Waals surface area contributed by atoms with E-state index in [-0.39, 0.29) is 5.37 Å². The molecule has 6 heteroatoms. The molecule has 0 bridgehead atoms. The molecule has 0 saturated carbocycles. The molecule has 0 fully saturated rings. The van der Waals surface area contributed by atoms with E-state index in [0.717, 1.165) is 5.75 Å². The van der Waals surface area contributed by atoms with E-state index in [1.807, 2.05) is 27.0 Å². The van der Waals surface area contributed by atoms with Crippen molar-refractivity contribution in [3.63, 3.8) is 0 Å². The third kappa shape index (κ3) is 4.79. The molecule has 1 heterocycles. The van der Waals surface area contributed by atoms with E-state index < -0.39 is 11.7 Å². The molecule has 1 amide bonds. The fourth-order valence-electron chi connectivity index (χ4n) is 0.936. The molecule has 0 aliphatic carbocycles. The quantitative estimate of drug-likeness (QED) is 0.773. The number of hydrogen-bond acceptors (Lipinski definition) is 5. The molecule has 1 aliphatic heterocycles. The largest absolute Gasteiger partial charge is 0.444 e. The molecule has 0 radical (unpaired) electrons. The van der Waals surface area contributed by atoms with E-state index in [4.69, 9.17) is 4.74 Å². The number of hydrogen-bond donors (Lipinski definition) is 1. The first-order valence-electron chi connectivity index (χ1n) is 4.64. The smallest absolute Gasteiger partial charge is 0.413 e. The van der Waals surface area contributed by atoms with Gasteiger partial charge < -0.3 is 4.74 Å². The molecule has 0 spiro atoms. The molecule has 15 heavy (non-hydrogen) atoms. The Labute approximate surface area is 98.6 Å². The highest BCUT2D eigenvalue weighted by molar-refractivity contribution is 8.15. The number of aliphatic imine (C=N–C) groups is 1. The van der Waals surface area contributed by atoms with E-state index in [0.29, 0.717) is 5.17 Å². The molecule has 86 valence electrons. The maximum atomic E-state index is 11.4. The number of ether oxygens (including phenoxy) is 1. The summed E-state index contributed by atoms with van der Waals surface area (Å²) in [6.45, 7) is 5.50. The number of alkyl carbamates (subject to hydrolysis) is 1. The third-order valence-corrected chi connectivity index (χ3v) is 3.49. The number of amidine groups is 1. The topological polar surface area (TPSA) is 50.7 Å². The molecule has 0 saturated heterocycles. The van der Waals surface area contributed by atoms with Crippen molar-refractivity contribution in [3.05, 3.63) is 0 Å². The summed E-state index contributed by atoms with van der Waals surface area (Å²) in [4.78, 5) is 15.7. The first-order chi connectivity index (χ1) is 6.90. The van der Waals surface area contributed by atoms with Crippen molar-refractivity contribution in [1.29, 1.82) is 0 Å². The van der Waals surface area contributed by atoms with Crippen molar-refractivity contribution >= 4 is 34.8 Å². The number of rotatable bonds is 1. The minimum atomic E-state index is -0.465. The highest BCUT2D eigenvalue weighted by Gasteiger charge is 2.21. The van der Waals surface area contributed by atoms with Crippen molar-refractivity contribution in [3.8, 4) is 0 Å². The minimum absolute atomic E-state index is 0.250. The molecule has 1 rings (SSSR count). The highest BCUT2D eigenvalue weighted by Crippen LogP contribution is 2.23. The van der Waals surface area contributed by atoms with Crippen LogP contribution in [0.4, 0.5) is 4.79 Å². The summed E-state index contributed by atoms with van der Waals surface area (Å²) < 4.78 is 5.12. The van der Waals surface area contributed by atoms with Crippen LogP contribution in [0, 0.1) is 0 Å². The summed E-state index contributed by atoms with van der Waals surface area (Å²) in [5.74, 6) is 0.909. The average molecular weight is 248 g/mol. The zero-order chi connectivity index (χ0) is 11.5. The van der Waals surface area contributed by atoms with Crippen molar-refractivity contribution in [2.75, 3.05) is 12.0 Å². The van der Waals surface area contributed by atoms with Crippen molar-refractivity contribution in [1.82, 2.24) is 5.32 Å². The lowest BCUT2D eigenvalue weighted by molar-refractivity contribution is 0.0564. The molecule has 0 aromatic carbocycles. The molecule has 1 N–H and O–H groups in total. The zero-order valence-electron chi connectivity index (χ0n) is 9.36. The van der Waals surface area contributed by atoms with Gasteiger partial charge in [-0.3, -0.25) is 5.32 Å². The number of nitrogens with one attached hydrogen (secondary N) is 1. The molecule has 0 aromatic rings. The van der Waals surface area contributed by atoms with E-state index >= 15 is 0 Å². The van der Waals surface area contributed by atoms with Crippen LogP contribution >= 0.6 is 23.5 Å². The molecule has 1 unspecified atom stereocenters. The lowest BCUT2D eigenvalue weighted by atomic mass is 10.2. The van der Waals surface area contributed by atoms with Gasteiger partial charge in [-0.15, -0.1) is 11.8 Å². The monoisotopic (exact) mass is 248 g/mol. The van der Waals surface area contributed by atoms with E-state index in [9.17, 15) is 4.79 Å². The van der Waals surface area contributed by atoms with Gasteiger partial charge in [0.15, 0.2) is 5.17 Å². The lowest BCUT2D eigenvalue weighted by Crippen LogP contribution is -2.34. The SMILES string of the molecule is CSC1CSC(NC(=O)OC(C)(C)C)=N1. The third-order valence-electron chi connectivity index (χ3n) is 1.50. The fourth-order valence-corrected chi connectivity index (χ4v) is 2.69. The lowest BCUT2D eigenvalue weighted by Gasteiger charge is -2.19. The van der Waals surface area contributed by atoms with Crippen LogP contribution in [0.15, 0.2) is 4.99 Å². The maximum Gasteiger partial charge on any atom is 0.413 e. The summed E-state index contributed by atoms with van der Waals surface area (Å²) in [5, 5.41) is 3.54. The predicted molar refractivity (Wildman–Crippen MR) is 66.6 cm³/mol. The minimum Gasteiger partial charge on any atom is -0.444 e. The van der Waals surface area contributed by atoms with E-state index in [2.05, 4.69) is 10.3 Å². The summed E-state index contributed by atoms with van der Waals surface area (Å²) in [5.41, 5.74) is -0.465. The summed E-state index contributed by atoms with van der Waals surface area (Å²) >= 11 is 3.22. The fraction of sp³-hybridized carbons (Fsp3) is 0.778. The Hall–Kier alpha value is -0.360. The number of thioether (sulfide) groups is 2. The summed E-state index contributed by atoms with van der Waals surface area (Å²) in [6, 6.07) is 0. The van der Waals surface area contributed by atoms with Crippen LogP contribution in [0.5, 0.6) is 0 Å². The Bertz CT molecular complexity index is 274. The van der Waals surface area contributed by atoms with Gasteiger partial charge in [0.25, 0.3) is 0 Å². The van der Waals surface area contributed by atoms with Crippen molar-refractivity contribution in [2.45, 2.75) is 31.7 Å². The zero-order valence-corrected chi connectivity index (χ0v) is 11.0. The van der Waals surface area contributed by atoms with Crippen LogP contribution in [0.2, 0.25) is 0 Å². The van der Waals surface area contributed by atoms with Gasteiger partial charge in [0.1, 0.15) is 11.0 Å². The van der Waals surface area contributed by atoms with Gasteiger partial charge in [-0.25, -0.2) is 9.79 Å². The first kappa shape index (κ1) is 12.7. The maximum absolute atomic E-state index is 11.4. The Kier molecular flexibility index (Phi) is 4.33. The van der Waals surface area contributed by atoms with Crippen LogP contribution in [0.1, 0.15) is 20.8 Å². The Morgan fingerprint density at radius 1 is 1.67 bits per heavy atom. The van der Waals surface area contributed by atoms with Crippen molar-refractivity contribution in [2.24, 2.45) is 4.99 Å². The Balaban J connectivity index is 2.39. The molecule has 4 nitrogen and oxygen atoms in total. The standard InChI is InChI=1S/C9H16N2O2S2/c1-9(2,3)13-8(12)11-7-10-6(14-4)5-15-7/h6H,5H2,1-4H3,(H,10,11,12). The van der Waals surface area contributed by atoms with Crippen molar-refractivity contribution < 1.29 is 9.53 Å². The van der Waals surface area contributed by atoms with Gasteiger partial charge >= 0.3 is 6.09 Å². The van der Waals surface area contributed by atoms with Gasteiger partial charge in [0, 0.05) is 5.75 Å². The first-order valence-corrected chi connectivity index (χ1v) is 6.91. The molecule has 1 aliphatic rings. The van der Waals surface area contributed by atoms with Gasteiger partial charge in [-0.2, -0.15) is 0 Å². The Morgan fingerprint density at radius 3 is 2.80 bits per heavy atom. The van der Waals surface area contributed by atoms with Crippen LogP contribution in [0.25, 0.3) is 0 Å². The van der Waals surface area contributed by atoms with Gasteiger partial charge in [-0.1, -0.05) is 11.8 Å². The molecule has 1 atom stereocenters. The summed E-state index contributed by atoms with van der Waals surface area (Å²) in [7, 11) is 0. The molecular formula is C9H16N2O2S2. The van der Waals surface area contributed by atoms with Gasteiger partial charge in [-0.05, 0) is 27.0 Å². The number of nitrogens with zero attached hydrogens (tertiary/aromatic N) is 1. The van der Waals surface area contributed by atoms with Crippen LogP contribution < -0.4 is 5.32 Å². The number of amides is 1. The summed E-state index contributed by atoms with van der Waals surface area (Å²) in [6.07, 6.45) is 1.57. The van der Waals surface area contributed by atoms with Crippen LogP contribution in [-0.4, -0.2) is 34.2 Å². The van der Waals surface area contributed by atoms with Gasteiger partial charge in [0.05, 0.1) is 0 Å². The van der Waals surface area contributed by atoms with E-state index in [1.54, 1.807) is 23.5 Å². The second-order valence-electron chi connectivity index (χ2n) is 4.06. The normalized spacial score (nSPS) is 21.1.